The van der Waals surface area contributed by atoms with Gasteiger partial charge in [-0.05, 0) is 35.4 Å². The summed E-state index contributed by atoms with van der Waals surface area (Å²) in [5.41, 5.74) is 0.626. The van der Waals surface area contributed by atoms with E-state index in [0.29, 0.717) is 23.0 Å². The normalized spacial score (nSPS) is 13.0. The summed E-state index contributed by atoms with van der Waals surface area (Å²) in [6.45, 7) is 0.388. The standard InChI is InChI=1S/C17H13BrClF3N4/c18-14-7-13(19)5-4-11(14)8-23-15(16-24-9-25-26-16)10-2-1-3-12(6-10)17(20,21)22/h1-7,9,15,23H,8H2,(H,24,25,26)/t15-/m1/s1. The Hall–Kier alpha value is -1.90. The van der Waals surface area contributed by atoms with E-state index in [1.165, 1.54) is 12.4 Å². The van der Waals surface area contributed by atoms with Crippen LogP contribution in [-0.4, -0.2) is 15.2 Å². The first kappa shape index (κ1) is 18.9. The Labute approximate surface area is 160 Å². The molecule has 9 heteroatoms. The van der Waals surface area contributed by atoms with Crippen LogP contribution in [0.3, 0.4) is 0 Å². The van der Waals surface area contributed by atoms with E-state index in [0.717, 1.165) is 22.2 Å². The van der Waals surface area contributed by atoms with E-state index in [2.05, 4.69) is 36.4 Å². The number of hydrogen-bond donors (Lipinski definition) is 2. The largest absolute Gasteiger partial charge is 0.416 e. The van der Waals surface area contributed by atoms with Gasteiger partial charge in [0, 0.05) is 16.0 Å². The molecular weight excluding hydrogens is 433 g/mol. The van der Waals surface area contributed by atoms with Crippen LogP contribution in [0.1, 0.15) is 28.6 Å². The summed E-state index contributed by atoms with van der Waals surface area (Å²) in [4.78, 5) is 4.09. The number of benzene rings is 2. The molecule has 1 atom stereocenters. The number of halogens is 5. The number of rotatable bonds is 5. The van der Waals surface area contributed by atoms with Crippen molar-refractivity contribution < 1.29 is 13.2 Å². The van der Waals surface area contributed by atoms with Crippen LogP contribution in [0.15, 0.2) is 53.3 Å². The lowest BCUT2D eigenvalue weighted by atomic mass is 10.0. The first-order chi connectivity index (χ1) is 12.3. The Kier molecular flexibility index (Phi) is 5.64. The van der Waals surface area contributed by atoms with E-state index < -0.39 is 17.8 Å². The number of alkyl halides is 3. The lowest BCUT2D eigenvalue weighted by Crippen LogP contribution is -2.24. The smallest absolute Gasteiger partial charge is 0.299 e. The quantitative estimate of drug-likeness (QED) is 0.573. The molecule has 1 aromatic heterocycles. The Morgan fingerprint density at radius 2 is 2.00 bits per heavy atom. The number of nitrogens with zero attached hydrogens (tertiary/aromatic N) is 2. The molecule has 0 bridgehead atoms. The van der Waals surface area contributed by atoms with Gasteiger partial charge in [-0.3, -0.25) is 10.4 Å². The molecule has 0 saturated carbocycles. The minimum Gasteiger partial charge on any atom is -0.299 e. The fourth-order valence-electron chi connectivity index (χ4n) is 2.50. The summed E-state index contributed by atoms with van der Waals surface area (Å²) in [6, 6.07) is 9.90. The molecule has 26 heavy (non-hydrogen) atoms. The van der Waals surface area contributed by atoms with Gasteiger partial charge in [-0.1, -0.05) is 45.7 Å². The molecule has 0 amide bonds. The summed E-state index contributed by atoms with van der Waals surface area (Å²) in [7, 11) is 0. The number of H-pyrrole nitrogens is 1. The first-order valence-electron chi connectivity index (χ1n) is 7.54. The van der Waals surface area contributed by atoms with Crippen LogP contribution in [0.25, 0.3) is 0 Å². The zero-order chi connectivity index (χ0) is 18.7. The Morgan fingerprint density at radius 1 is 1.19 bits per heavy atom. The van der Waals surface area contributed by atoms with Gasteiger partial charge in [-0.15, -0.1) is 0 Å². The molecule has 0 spiro atoms. The van der Waals surface area contributed by atoms with E-state index in [4.69, 9.17) is 11.6 Å². The second-order valence-corrected chi connectivity index (χ2v) is 6.83. The van der Waals surface area contributed by atoms with Crippen molar-refractivity contribution in [3.63, 3.8) is 0 Å². The van der Waals surface area contributed by atoms with E-state index in [-0.39, 0.29) is 0 Å². The minimum absolute atomic E-state index is 0.388. The summed E-state index contributed by atoms with van der Waals surface area (Å²) in [6.07, 6.45) is -3.10. The molecule has 0 aliphatic heterocycles. The monoisotopic (exact) mass is 444 g/mol. The van der Waals surface area contributed by atoms with E-state index >= 15 is 0 Å². The van der Waals surface area contributed by atoms with Crippen molar-refractivity contribution in [3.8, 4) is 0 Å². The van der Waals surface area contributed by atoms with Crippen LogP contribution in [0.5, 0.6) is 0 Å². The zero-order valence-electron chi connectivity index (χ0n) is 13.2. The average molecular weight is 446 g/mol. The van der Waals surface area contributed by atoms with Crippen molar-refractivity contribution in [2.24, 2.45) is 0 Å². The number of hydrogen-bond acceptors (Lipinski definition) is 3. The maximum absolute atomic E-state index is 13.0. The number of aromatic nitrogens is 3. The van der Waals surface area contributed by atoms with Gasteiger partial charge >= 0.3 is 6.18 Å². The van der Waals surface area contributed by atoms with Crippen LogP contribution < -0.4 is 5.32 Å². The molecule has 1 heterocycles. The van der Waals surface area contributed by atoms with Gasteiger partial charge in [0.2, 0.25) is 0 Å². The Morgan fingerprint density at radius 3 is 2.65 bits per heavy atom. The predicted molar refractivity (Wildman–Crippen MR) is 95.7 cm³/mol. The fraction of sp³-hybridized carbons (Fsp3) is 0.176. The van der Waals surface area contributed by atoms with Gasteiger partial charge in [-0.2, -0.15) is 18.3 Å². The molecule has 0 aliphatic rings. The van der Waals surface area contributed by atoms with Crippen LogP contribution in [0.2, 0.25) is 5.02 Å². The van der Waals surface area contributed by atoms with Gasteiger partial charge in [-0.25, -0.2) is 4.98 Å². The van der Waals surface area contributed by atoms with Crippen molar-refractivity contribution in [1.82, 2.24) is 20.5 Å². The molecule has 136 valence electrons. The fourth-order valence-corrected chi connectivity index (χ4v) is 3.32. The topological polar surface area (TPSA) is 53.6 Å². The van der Waals surface area contributed by atoms with Crippen molar-refractivity contribution in [3.05, 3.63) is 80.8 Å². The third-order valence-corrected chi connectivity index (χ3v) is 4.74. The third-order valence-electron chi connectivity index (χ3n) is 3.77. The Balaban J connectivity index is 1.89. The summed E-state index contributed by atoms with van der Waals surface area (Å²) in [5.74, 6) is 0.425. The molecule has 0 aliphatic carbocycles. The summed E-state index contributed by atoms with van der Waals surface area (Å²) < 4.78 is 39.9. The number of nitrogens with one attached hydrogen (secondary N) is 2. The minimum atomic E-state index is -4.42. The molecule has 4 nitrogen and oxygen atoms in total. The molecule has 2 N–H and O–H groups in total. The SMILES string of the molecule is FC(F)(F)c1cccc([C@@H](NCc2ccc(Cl)cc2Br)c2ncn[nH]2)c1. The molecule has 0 saturated heterocycles. The summed E-state index contributed by atoms with van der Waals surface area (Å²) in [5, 5.41) is 10.3. The predicted octanol–water partition coefficient (Wildman–Crippen LogP) is 5.12. The van der Waals surface area contributed by atoms with Gasteiger partial charge in [0.05, 0.1) is 11.6 Å². The van der Waals surface area contributed by atoms with Gasteiger partial charge in [0.15, 0.2) is 0 Å². The van der Waals surface area contributed by atoms with E-state index in [1.54, 1.807) is 18.2 Å². The lowest BCUT2D eigenvalue weighted by molar-refractivity contribution is -0.137. The molecule has 2 aromatic carbocycles. The second-order valence-electron chi connectivity index (χ2n) is 5.54. The van der Waals surface area contributed by atoms with Gasteiger partial charge in [0.1, 0.15) is 12.2 Å². The lowest BCUT2D eigenvalue weighted by Gasteiger charge is -2.19. The highest BCUT2D eigenvalue weighted by Crippen LogP contribution is 2.32. The van der Waals surface area contributed by atoms with Crippen molar-refractivity contribution in [2.45, 2.75) is 18.8 Å². The molecule has 0 unspecified atom stereocenters. The third kappa shape index (κ3) is 4.44. The highest BCUT2D eigenvalue weighted by molar-refractivity contribution is 9.10. The van der Waals surface area contributed by atoms with Crippen LogP contribution in [0, 0.1) is 0 Å². The van der Waals surface area contributed by atoms with Crippen LogP contribution >= 0.6 is 27.5 Å². The van der Waals surface area contributed by atoms with Crippen LogP contribution in [0.4, 0.5) is 13.2 Å². The number of aromatic amines is 1. The molecular formula is C17H13BrClF3N4. The highest BCUT2D eigenvalue weighted by atomic mass is 79.9. The van der Waals surface area contributed by atoms with E-state index in [1.807, 2.05) is 6.07 Å². The van der Waals surface area contributed by atoms with Crippen molar-refractivity contribution in [2.75, 3.05) is 0 Å². The highest BCUT2D eigenvalue weighted by Gasteiger charge is 2.31. The van der Waals surface area contributed by atoms with Gasteiger partial charge in [0.25, 0.3) is 0 Å². The van der Waals surface area contributed by atoms with E-state index in [9.17, 15) is 13.2 Å². The zero-order valence-corrected chi connectivity index (χ0v) is 15.5. The maximum Gasteiger partial charge on any atom is 0.416 e. The maximum atomic E-state index is 13.0. The molecule has 3 rings (SSSR count). The first-order valence-corrected chi connectivity index (χ1v) is 8.71. The molecule has 0 fully saturated rings. The van der Waals surface area contributed by atoms with Crippen molar-refractivity contribution in [1.29, 1.82) is 0 Å². The second kappa shape index (κ2) is 7.77. The summed E-state index contributed by atoms with van der Waals surface area (Å²) >= 11 is 9.37. The Bertz CT molecular complexity index is 884. The molecule has 0 radical (unpaired) electrons. The molecule has 3 aromatic rings. The van der Waals surface area contributed by atoms with Gasteiger partial charge < -0.3 is 0 Å². The average Bonchev–Trinajstić information content (AvgIpc) is 3.11. The van der Waals surface area contributed by atoms with Crippen molar-refractivity contribution >= 4 is 27.5 Å². The van der Waals surface area contributed by atoms with Crippen LogP contribution in [-0.2, 0) is 12.7 Å².